The van der Waals surface area contributed by atoms with E-state index >= 15 is 0 Å². The van der Waals surface area contributed by atoms with E-state index in [1.165, 1.54) is 0 Å². The van der Waals surface area contributed by atoms with E-state index in [1.807, 2.05) is 0 Å². The summed E-state index contributed by atoms with van der Waals surface area (Å²) in [5.41, 5.74) is 0.132. The molecule has 0 radical (unpaired) electrons. The van der Waals surface area contributed by atoms with Crippen molar-refractivity contribution < 1.29 is 19.1 Å². The van der Waals surface area contributed by atoms with Crippen molar-refractivity contribution in [3.05, 3.63) is 0 Å². The van der Waals surface area contributed by atoms with Crippen LogP contribution in [0.15, 0.2) is 0 Å². The average Bonchev–Trinajstić information content (AvgIpc) is 2.36. The Labute approximate surface area is 134 Å². The molecular formula is C16H32N2O4. The number of amides is 2. The number of rotatable bonds is 9. The summed E-state index contributed by atoms with van der Waals surface area (Å²) >= 11 is 0. The molecule has 0 saturated carbocycles. The monoisotopic (exact) mass is 316 g/mol. The molecule has 0 aliphatic carbocycles. The summed E-state index contributed by atoms with van der Waals surface area (Å²) in [5, 5.41) is 5.61. The zero-order valence-corrected chi connectivity index (χ0v) is 14.7. The van der Waals surface area contributed by atoms with Gasteiger partial charge in [0.05, 0.1) is 13.2 Å². The molecule has 22 heavy (non-hydrogen) atoms. The number of alkyl carbamates (subject to hydrolysis) is 2. The van der Waals surface area contributed by atoms with Gasteiger partial charge >= 0.3 is 12.2 Å². The van der Waals surface area contributed by atoms with Crippen molar-refractivity contribution in [1.82, 2.24) is 10.6 Å². The Kier molecular flexibility index (Phi) is 10.4. The van der Waals surface area contributed by atoms with E-state index in [4.69, 9.17) is 9.47 Å². The van der Waals surface area contributed by atoms with Crippen molar-refractivity contribution >= 4 is 12.2 Å². The van der Waals surface area contributed by atoms with E-state index in [0.29, 0.717) is 19.8 Å². The first kappa shape index (κ1) is 20.5. The molecule has 0 aromatic carbocycles. The summed E-state index contributed by atoms with van der Waals surface area (Å²) < 4.78 is 9.74. The molecule has 0 aromatic rings. The van der Waals surface area contributed by atoms with Crippen LogP contribution >= 0.6 is 0 Å². The molecule has 0 aliphatic rings. The highest BCUT2D eigenvalue weighted by molar-refractivity contribution is 5.67. The number of carbonyl (C=O) groups excluding carboxylic acids is 2. The van der Waals surface area contributed by atoms with Gasteiger partial charge in [0.1, 0.15) is 0 Å². The third-order valence-electron chi connectivity index (χ3n) is 2.98. The van der Waals surface area contributed by atoms with E-state index in [-0.39, 0.29) is 23.6 Å². The fraction of sp³-hybridized carbons (Fsp3) is 0.875. The minimum atomic E-state index is -0.376. The Hall–Kier alpha value is -1.46. The second kappa shape index (κ2) is 11.2. The quantitative estimate of drug-likeness (QED) is 0.639. The summed E-state index contributed by atoms with van der Waals surface area (Å²) in [7, 11) is 0. The molecule has 6 nitrogen and oxygen atoms in total. The van der Waals surface area contributed by atoms with Gasteiger partial charge in [-0.2, -0.15) is 0 Å². The van der Waals surface area contributed by atoms with Crippen molar-refractivity contribution in [3.8, 4) is 0 Å². The number of nitrogens with one attached hydrogen (secondary N) is 2. The number of hydrogen-bond acceptors (Lipinski definition) is 4. The first-order valence-corrected chi connectivity index (χ1v) is 8.12. The topological polar surface area (TPSA) is 76.7 Å². The van der Waals surface area contributed by atoms with Gasteiger partial charge < -0.3 is 20.1 Å². The molecule has 2 N–H and O–H groups in total. The smallest absolute Gasteiger partial charge is 0.407 e. The number of unbranched alkanes of at least 4 members (excludes halogenated alkanes) is 1. The van der Waals surface area contributed by atoms with Gasteiger partial charge in [0.2, 0.25) is 0 Å². The Morgan fingerprint density at radius 2 is 1.59 bits per heavy atom. The zero-order valence-electron chi connectivity index (χ0n) is 14.7. The summed E-state index contributed by atoms with van der Waals surface area (Å²) in [6.07, 6.45) is 2.78. The molecular weight excluding hydrogens is 284 g/mol. The van der Waals surface area contributed by atoms with E-state index < -0.39 is 0 Å². The van der Waals surface area contributed by atoms with Crippen LogP contribution in [-0.4, -0.2) is 38.0 Å². The molecule has 0 aromatic heterocycles. The van der Waals surface area contributed by atoms with Gasteiger partial charge in [-0.25, -0.2) is 9.59 Å². The minimum Gasteiger partial charge on any atom is -0.450 e. The number of carbonyl (C=O) groups is 2. The summed E-state index contributed by atoms with van der Waals surface area (Å²) in [6, 6.07) is 0.0849. The second-order valence-electron chi connectivity index (χ2n) is 6.47. The van der Waals surface area contributed by atoms with E-state index in [9.17, 15) is 9.59 Å². The van der Waals surface area contributed by atoms with Gasteiger partial charge in [0.25, 0.3) is 0 Å². The molecule has 0 saturated heterocycles. The highest BCUT2D eigenvalue weighted by atomic mass is 16.6. The zero-order chi connectivity index (χ0) is 17.0. The molecule has 6 heteroatoms. The standard InChI is InChI=1S/C16H32N2O4/c1-6-21-14(19)17-11-9-8-10-13(12-16(3,4)5)18-15(20)22-7-2/h13H,6-12H2,1-5H3,(H,17,19)(H,18,20). The van der Waals surface area contributed by atoms with Crippen molar-refractivity contribution in [2.75, 3.05) is 19.8 Å². The first-order valence-electron chi connectivity index (χ1n) is 8.12. The van der Waals surface area contributed by atoms with Crippen LogP contribution in [0.3, 0.4) is 0 Å². The predicted octanol–water partition coefficient (Wildman–Crippen LogP) is 3.45. The normalized spacial score (nSPS) is 12.4. The van der Waals surface area contributed by atoms with Gasteiger partial charge in [-0.15, -0.1) is 0 Å². The maximum atomic E-state index is 11.6. The molecule has 1 unspecified atom stereocenters. The van der Waals surface area contributed by atoms with Gasteiger partial charge in [-0.05, 0) is 44.9 Å². The van der Waals surface area contributed by atoms with Crippen LogP contribution in [0, 0.1) is 5.41 Å². The SMILES string of the molecule is CCOC(=O)NCCCCC(CC(C)(C)C)NC(=O)OCC. The largest absolute Gasteiger partial charge is 0.450 e. The van der Waals surface area contributed by atoms with Crippen molar-refractivity contribution in [1.29, 1.82) is 0 Å². The maximum absolute atomic E-state index is 11.6. The Bertz CT molecular complexity index is 327. The minimum absolute atomic E-state index is 0.0849. The van der Waals surface area contributed by atoms with Crippen molar-refractivity contribution in [2.24, 2.45) is 5.41 Å². The Morgan fingerprint density at radius 1 is 1.00 bits per heavy atom. The molecule has 1 atom stereocenters. The van der Waals surface area contributed by atoms with Crippen molar-refractivity contribution in [2.45, 2.75) is 66.3 Å². The van der Waals surface area contributed by atoms with Crippen molar-refractivity contribution in [3.63, 3.8) is 0 Å². The summed E-state index contributed by atoms with van der Waals surface area (Å²) in [5.74, 6) is 0. The first-order chi connectivity index (χ1) is 10.3. The third kappa shape index (κ3) is 12.3. The van der Waals surface area contributed by atoms with Gasteiger partial charge in [-0.1, -0.05) is 20.8 Å². The Morgan fingerprint density at radius 3 is 2.14 bits per heavy atom. The third-order valence-corrected chi connectivity index (χ3v) is 2.98. The maximum Gasteiger partial charge on any atom is 0.407 e. The fourth-order valence-corrected chi connectivity index (χ4v) is 2.19. The molecule has 0 spiro atoms. The van der Waals surface area contributed by atoms with E-state index in [0.717, 1.165) is 25.7 Å². The van der Waals surface area contributed by atoms with Crippen LogP contribution in [0.5, 0.6) is 0 Å². The average molecular weight is 316 g/mol. The van der Waals surface area contributed by atoms with Gasteiger partial charge in [-0.3, -0.25) is 0 Å². The van der Waals surface area contributed by atoms with Crippen LogP contribution in [-0.2, 0) is 9.47 Å². The summed E-state index contributed by atoms with van der Waals surface area (Å²) in [4.78, 5) is 22.7. The van der Waals surface area contributed by atoms with Crippen LogP contribution in [0.25, 0.3) is 0 Å². The molecule has 0 rings (SSSR count). The lowest BCUT2D eigenvalue weighted by Crippen LogP contribution is -2.38. The van der Waals surface area contributed by atoms with Crippen LogP contribution < -0.4 is 10.6 Å². The van der Waals surface area contributed by atoms with E-state index in [2.05, 4.69) is 31.4 Å². The highest BCUT2D eigenvalue weighted by Gasteiger charge is 2.20. The van der Waals surface area contributed by atoms with Gasteiger partial charge in [0.15, 0.2) is 0 Å². The Balaban J connectivity index is 4.07. The van der Waals surface area contributed by atoms with Crippen LogP contribution in [0.4, 0.5) is 9.59 Å². The lowest BCUT2D eigenvalue weighted by atomic mass is 9.86. The van der Waals surface area contributed by atoms with E-state index in [1.54, 1.807) is 13.8 Å². The number of hydrogen-bond donors (Lipinski definition) is 2. The van der Waals surface area contributed by atoms with Crippen LogP contribution in [0.2, 0.25) is 0 Å². The molecule has 0 aliphatic heterocycles. The highest BCUT2D eigenvalue weighted by Crippen LogP contribution is 2.23. The lowest BCUT2D eigenvalue weighted by Gasteiger charge is -2.26. The molecule has 130 valence electrons. The molecule has 0 fully saturated rings. The van der Waals surface area contributed by atoms with Crippen LogP contribution in [0.1, 0.15) is 60.3 Å². The molecule has 0 bridgehead atoms. The summed E-state index contributed by atoms with van der Waals surface area (Å²) in [6.45, 7) is 11.3. The second-order valence-corrected chi connectivity index (χ2v) is 6.47. The number of ether oxygens (including phenoxy) is 2. The fourth-order valence-electron chi connectivity index (χ4n) is 2.19. The lowest BCUT2D eigenvalue weighted by molar-refractivity contribution is 0.143. The molecule has 0 heterocycles. The predicted molar refractivity (Wildman–Crippen MR) is 86.9 cm³/mol. The molecule has 2 amide bonds. The van der Waals surface area contributed by atoms with Gasteiger partial charge in [0, 0.05) is 12.6 Å².